The van der Waals surface area contributed by atoms with Crippen molar-refractivity contribution < 1.29 is 13.9 Å². The molecule has 1 aliphatic heterocycles. The number of amides is 1. The van der Waals surface area contributed by atoms with E-state index in [2.05, 4.69) is 10.6 Å². The topological polar surface area (TPSA) is 50.4 Å². The molecule has 21 heavy (non-hydrogen) atoms. The van der Waals surface area contributed by atoms with E-state index in [-0.39, 0.29) is 36.1 Å². The number of carbonyl (C=O) groups excluding carboxylic acids is 1. The molecule has 1 unspecified atom stereocenters. The first kappa shape index (κ1) is 17.9. The molecular weight excluding hydrogens is 295 g/mol. The fourth-order valence-corrected chi connectivity index (χ4v) is 2.63. The number of halogens is 2. The van der Waals surface area contributed by atoms with Gasteiger partial charge in [0.05, 0.1) is 18.6 Å². The molecule has 0 aliphatic carbocycles. The highest BCUT2D eigenvalue weighted by Crippen LogP contribution is 2.18. The van der Waals surface area contributed by atoms with Crippen LogP contribution in [0.2, 0.25) is 0 Å². The summed E-state index contributed by atoms with van der Waals surface area (Å²) in [6.07, 6.45) is 2.27. The van der Waals surface area contributed by atoms with Crippen LogP contribution < -0.4 is 10.6 Å². The van der Waals surface area contributed by atoms with Gasteiger partial charge in [-0.15, -0.1) is 12.4 Å². The summed E-state index contributed by atoms with van der Waals surface area (Å²) >= 11 is 0. The predicted octanol–water partition coefficient (Wildman–Crippen LogP) is 1.67. The lowest BCUT2D eigenvalue weighted by molar-refractivity contribution is -0.120. The Bertz CT molecular complexity index is 465. The molecule has 1 aliphatic rings. The fourth-order valence-electron chi connectivity index (χ4n) is 2.63. The number of ether oxygens (including phenoxy) is 1. The molecule has 1 aromatic rings. The van der Waals surface area contributed by atoms with E-state index < -0.39 is 0 Å². The standard InChI is InChI=1S/C15H21FN2O2.ClH/c1-20-11-15(6-3-7-18-15)10-17-14(19)9-12-4-2-5-13(16)8-12;/h2,4-5,8,18H,3,6-7,9-11H2,1H3,(H,17,19);1H. The van der Waals surface area contributed by atoms with Gasteiger partial charge in [0.1, 0.15) is 5.82 Å². The number of benzene rings is 1. The maximum Gasteiger partial charge on any atom is 0.224 e. The Hall–Kier alpha value is -1.17. The van der Waals surface area contributed by atoms with Crippen molar-refractivity contribution in [3.8, 4) is 0 Å². The van der Waals surface area contributed by atoms with Gasteiger partial charge in [-0.25, -0.2) is 4.39 Å². The summed E-state index contributed by atoms with van der Waals surface area (Å²) in [7, 11) is 1.66. The Morgan fingerprint density at radius 1 is 1.52 bits per heavy atom. The molecule has 1 aromatic carbocycles. The van der Waals surface area contributed by atoms with E-state index in [9.17, 15) is 9.18 Å². The van der Waals surface area contributed by atoms with Crippen LogP contribution in [-0.2, 0) is 16.0 Å². The number of hydrogen-bond donors (Lipinski definition) is 2. The van der Waals surface area contributed by atoms with E-state index in [4.69, 9.17) is 4.74 Å². The van der Waals surface area contributed by atoms with Crippen LogP contribution in [0.5, 0.6) is 0 Å². The quantitative estimate of drug-likeness (QED) is 0.839. The second-order valence-electron chi connectivity index (χ2n) is 5.33. The summed E-state index contributed by atoms with van der Waals surface area (Å²) < 4.78 is 18.3. The van der Waals surface area contributed by atoms with Gasteiger partial charge in [0.15, 0.2) is 0 Å². The fraction of sp³-hybridized carbons (Fsp3) is 0.533. The lowest BCUT2D eigenvalue weighted by atomic mass is 9.98. The van der Waals surface area contributed by atoms with Crippen molar-refractivity contribution in [2.45, 2.75) is 24.8 Å². The summed E-state index contributed by atoms with van der Waals surface area (Å²) in [6, 6.07) is 6.13. The second kappa shape index (κ2) is 8.32. The average Bonchev–Trinajstić information content (AvgIpc) is 2.86. The third-order valence-electron chi connectivity index (χ3n) is 3.63. The first-order chi connectivity index (χ1) is 9.63. The molecule has 0 saturated carbocycles. The maximum absolute atomic E-state index is 13.1. The Balaban J connectivity index is 0.00000220. The summed E-state index contributed by atoms with van der Waals surface area (Å²) in [5.41, 5.74) is 0.523. The average molecular weight is 317 g/mol. The van der Waals surface area contributed by atoms with Crippen molar-refractivity contribution in [2.24, 2.45) is 0 Å². The number of nitrogens with one attached hydrogen (secondary N) is 2. The molecule has 2 rings (SSSR count). The lowest BCUT2D eigenvalue weighted by Gasteiger charge is -2.29. The van der Waals surface area contributed by atoms with Gasteiger partial charge < -0.3 is 15.4 Å². The van der Waals surface area contributed by atoms with Gasteiger partial charge in [-0.2, -0.15) is 0 Å². The van der Waals surface area contributed by atoms with Crippen molar-refractivity contribution >= 4 is 18.3 Å². The van der Waals surface area contributed by atoms with Crippen LogP contribution in [0.25, 0.3) is 0 Å². The first-order valence-corrected chi connectivity index (χ1v) is 6.89. The minimum absolute atomic E-state index is 0. The highest BCUT2D eigenvalue weighted by molar-refractivity contribution is 5.85. The van der Waals surface area contributed by atoms with Crippen molar-refractivity contribution in [3.05, 3.63) is 35.6 Å². The van der Waals surface area contributed by atoms with Crippen molar-refractivity contribution in [1.82, 2.24) is 10.6 Å². The summed E-state index contributed by atoms with van der Waals surface area (Å²) in [6.45, 7) is 2.06. The molecule has 0 bridgehead atoms. The van der Waals surface area contributed by atoms with Crippen LogP contribution in [-0.4, -0.2) is 38.3 Å². The summed E-state index contributed by atoms with van der Waals surface area (Å²) in [4.78, 5) is 11.9. The maximum atomic E-state index is 13.1. The molecule has 0 aromatic heterocycles. The van der Waals surface area contributed by atoms with Crippen LogP contribution >= 0.6 is 12.4 Å². The molecular formula is C15H22ClFN2O2. The van der Waals surface area contributed by atoms with Gasteiger partial charge in [-0.05, 0) is 37.1 Å². The normalized spacial score (nSPS) is 20.9. The molecule has 0 spiro atoms. The van der Waals surface area contributed by atoms with Gasteiger partial charge in [0.25, 0.3) is 0 Å². The highest BCUT2D eigenvalue weighted by atomic mass is 35.5. The number of carbonyl (C=O) groups is 1. The zero-order valence-electron chi connectivity index (χ0n) is 12.2. The van der Waals surface area contributed by atoms with Gasteiger partial charge in [-0.1, -0.05) is 12.1 Å². The number of methoxy groups -OCH3 is 1. The molecule has 2 N–H and O–H groups in total. The molecule has 6 heteroatoms. The lowest BCUT2D eigenvalue weighted by Crippen LogP contribution is -2.53. The number of hydrogen-bond acceptors (Lipinski definition) is 3. The van der Waals surface area contributed by atoms with Crippen LogP contribution in [0, 0.1) is 5.82 Å². The van der Waals surface area contributed by atoms with E-state index in [0.29, 0.717) is 18.7 Å². The summed E-state index contributed by atoms with van der Waals surface area (Å²) in [5, 5.41) is 6.31. The molecule has 1 heterocycles. The molecule has 4 nitrogen and oxygen atoms in total. The first-order valence-electron chi connectivity index (χ1n) is 6.89. The Morgan fingerprint density at radius 2 is 2.33 bits per heavy atom. The Kier molecular flexibility index (Phi) is 7.08. The van der Waals surface area contributed by atoms with Crippen molar-refractivity contribution in [1.29, 1.82) is 0 Å². The zero-order valence-corrected chi connectivity index (χ0v) is 13.0. The molecule has 118 valence electrons. The third-order valence-corrected chi connectivity index (χ3v) is 3.63. The van der Waals surface area contributed by atoms with Crippen LogP contribution in [0.4, 0.5) is 4.39 Å². The van der Waals surface area contributed by atoms with E-state index in [1.54, 1.807) is 19.2 Å². The van der Waals surface area contributed by atoms with E-state index >= 15 is 0 Å². The van der Waals surface area contributed by atoms with E-state index in [1.807, 2.05) is 0 Å². The monoisotopic (exact) mass is 316 g/mol. The minimum Gasteiger partial charge on any atom is -0.383 e. The molecule has 0 radical (unpaired) electrons. The largest absolute Gasteiger partial charge is 0.383 e. The molecule has 1 atom stereocenters. The smallest absolute Gasteiger partial charge is 0.224 e. The van der Waals surface area contributed by atoms with Crippen LogP contribution in [0.15, 0.2) is 24.3 Å². The van der Waals surface area contributed by atoms with E-state index in [1.165, 1.54) is 12.1 Å². The van der Waals surface area contributed by atoms with Gasteiger partial charge >= 0.3 is 0 Å². The van der Waals surface area contributed by atoms with Crippen molar-refractivity contribution in [2.75, 3.05) is 26.8 Å². The Morgan fingerprint density at radius 3 is 2.95 bits per heavy atom. The van der Waals surface area contributed by atoms with E-state index in [0.717, 1.165) is 19.4 Å². The highest BCUT2D eigenvalue weighted by Gasteiger charge is 2.33. The molecule has 1 amide bonds. The molecule has 1 fully saturated rings. The van der Waals surface area contributed by atoms with Gasteiger partial charge in [0, 0.05) is 13.7 Å². The summed E-state index contributed by atoms with van der Waals surface area (Å²) in [5.74, 6) is -0.414. The van der Waals surface area contributed by atoms with Crippen LogP contribution in [0.3, 0.4) is 0 Å². The van der Waals surface area contributed by atoms with Crippen molar-refractivity contribution in [3.63, 3.8) is 0 Å². The molecule has 1 saturated heterocycles. The second-order valence-corrected chi connectivity index (χ2v) is 5.33. The Labute approximate surface area is 130 Å². The zero-order chi connectivity index (χ0) is 14.4. The number of rotatable bonds is 6. The van der Waals surface area contributed by atoms with Crippen LogP contribution in [0.1, 0.15) is 18.4 Å². The third kappa shape index (κ3) is 5.26. The van der Waals surface area contributed by atoms with Gasteiger partial charge in [0.2, 0.25) is 5.91 Å². The SMILES string of the molecule is COCC1(CNC(=O)Cc2cccc(F)c2)CCCN1.Cl. The predicted molar refractivity (Wildman–Crippen MR) is 82.2 cm³/mol. The minimum atomic E-state index is -0.316. The van der Waals surface area contributed by atoms with Gasteiger partial charge in [-0.3, -0.25) is 4.79 Å².